The van der Waals surface area contributed by atoms with Crippen molar-refractivity contribution in [3.63, 3.8) is 0 Å². The molecule has 1 amide bonds. The standard InChI is InChI=1S/C12H14N2O6/c1-3-8(12(16)17)13-11(15)7-4-5-10(20-2)9(6-7)14(18)19/h4-6,8H,3H2,1-2H3,(H,13,15)(H,16,17)/t8-/m0/s1. The first-order valence-electron chi connectivity index (χ1n) is 5.76. The van der Waals surface area contributed by atoms with E-state index >= 15 is 0 Å². The molecule has 2 N–H and O–H groups in total. The molecule has 0 saturated heterocycles. The number of methoxy groups -OCH3 is 1. The lowest BCUT2D eigenvalue weighted by Gasteiger charge is -2.12. The number of nitro benzene ring substituents is 1. The minimum atomic E-state index is -1.16. The number of carboxylic acid groups (broad SMARTS) is 1. The summed E-state index contributed by atoms with van der Waals surface area (Å²) in [5.74, 6) is -1.83. The van der Waals surface area contributed by atoms with Gasteiger partial charge in [-0.2, -0.15) is 0 Å². The van der Waals surface area contributed by atoms with Gasteiger partial charge in [-0.25, -0.2) is 4.79 Å². The summed E-state index contributed by atoms with van der Waals surface area (Å²) in [4.78, 5) is 32.9. The SMILES string of the molecule is CC[C@H](NC(=O)c1ccc(OC)c([N+](=O)[O-])c1)C(=O)O. The highest BCUT2D eigenvalue weighted by atomic mass is 16.6. The van der Waals surface area contributed by atoms with Crippen LogP contribution in [0.5, 0.6) is 5.75 Å². The van der Waals surface area contributed by atoms with E-state index in [-0.39, 0.29) is 23.4 Å². The number of rotatable bonds is 6. The Balaban J connectivity index is 3.02. The molecule has 1 aromatic carbocycles. The molecule has 0 spiro atoms. The summed E-state index contributed by atoms with van der Waals surface area (Å²) in [6.45, 7) is 1.61. The molecule has 1 atom stereocenters. The molecule has 0 heterocycles. The van der Waals surface area contributed by atoms with Gasteiger partial charge < -0.3 is 15.2 Å². The van der Waals surface area contributed by atoms with Crippen molar-refractivity contribution in [2.24, 2.45) is 0 Å². The Morgan fingerprint density at radius 3 is 2.60 bits per heavy atom. The zero-order valence-electron chi connectivity index (χ0n) is 11.0. The largest absolute Gasteiger partial charge is 0.490 e. The van der Waals surface area contributed by atoms with Gasteiger partial charge in [0, 0.05) is 11.6 Å². The maximum atomic E-state index is 11.9. The average Bonchev–Trinajstić information content (AvgIpc) is 2.43. The molecular formula is C12H14N2O6. The number of hydrogen-bond acceptors (Lipinski definition) is 5. The predicted molar refractivity (Wildman–Crippen MR) is 68.8 cm³/mol. The van der Waals surface area contributed by atoms with Gasteiger partial charge in [0.05, 0.1) is 12.0 Å². The van der Waals surface area contributed by atoms with Crippen LogP contribution < -0.4 is 10.1 Å². The van der Waals surface area contributed by atoms with Crippen molar-refractivity contribution in [1.29, 1.82) is 0 Å². The quantitative estimate of drug-likeness (QED) is 0.597. The molecular weight excluding hydrogens is 268 g/mol. The zero-order valence-corrected chi connectivity index (χ0v) is 11.0. The van der Waals surface area contributed by atoms with E-state index in [9.17, 15) is 19.7 Å². The van der Waals surface area contributed by atoms with E-state index < -0.39 is 22.8 Å². The van der Waals surface area contributed by atoms with Gasteiger partial charge in [-0.3, -0.25) is 14.9 Å². The Morgan fingerprint density at radius 1 is 1.50 bits per heavy atom. The van der Waals surface area contributed by atoms with Crippen molar-refractivity contribution in [2.75, 3.05) is 7.11 Å². The number of carbonyl (C=O) groups excluding carboxylic acids is 1. The van der Waals surface area contributed by atoms with E-state index in [2.05, 4.69) is 5.32 Å². The van der Waals surface area contributed by atoms with E-state index in [0.717, 1.165) is 6.07 Å². The molecule has 20 heavy (non-hydrogen) atoms. The molecule has 0 bridgehead atoms. The number of amides is 1. The van der Waals surface area contributed by atoms with E-state index in [1.54, 1.807) is 6.92 Å². The zero-order chi connectivity index (χ0) is 15.3. The number of hydrogen-bond donors (Lipinski definition) is 2. The van der Waals surface area contributed by atoms with Crippen LogP contribution in [0.25, 0.3) is 0 Å². The van der Waals surface area contributed by atoms with Crippen molar-refractivity contribution in [1.82, 2.24) is 5.32 Å². The van der Waals surface area contributed by atoms with Crippen molar-refractivity contribution in [3.8, 4) is 5.75 Å². The topological polar surface area (TPSA) is 119 Å². The lowest BCUT2D eigenvalue weighted by atomic mass is 10.1. The second-order valence-corrected chi connectivity index (χ2v) is 3.92. The normalized spacial score (nSPS) is 11.5. The molecule has 0 aromatic heterocycles. The molecule has 0 fully saturated rings. The van der Waals surface area contributed by atoms with Crippen LogP contribution in [0.15, 0.2) is 18.2 Å². The summed E-state index contributed by atoms with van der Waals surface area (Å²) in [7, 11) is 1.28. The van der Waals surface area contributed by atoms with Crippen LogP contribution in [0.1, 0.15) is 23.7 Å². The van der Waals surface area contributed by atoms with E-state index in [1.807, 2.05) is 0 Å². The third-order valence-electron chi connectivity index (χ3n) is 2.65. The molecule has 0 aliphatic heterocycles. The van der Waals surface area contributed by atoms with Crippen LogP contribution in [-0.4, -0.2) is 35.1 Å². The maximum Gasteiger partial charge on any atom is 0.326 e. The highest BCUT2D eigenvalue weighted by Gasteiger charge is 2.22. The Bertz CT molecular complexity index is 543. The van der Waals surface area contributed by atoms with Gasteiger partial charge in [-0.05, 0) is 18.6 Å². The van der Waals surface area contributed by atoms with Crippen molar-refractivity contribution >= 4 is 17.6 Å². The minimum Gasteiger partial charge on any atom is -0.490 e. The molecule has 108 valence electrons. The van der Waals surface area contributed by atoms with Crippen molar-refractivity contribution in [2.45, 2.75) is 19.4 Å². The highest BCUT2D eigenvalue weighted by Crippen LogP contribution is 2.27. The highest BCUT2D eigenvalue weighted by molar-refractivity contribution is 5.97. The summed E-state index contributed by atoms with van der Waals surface area (Å²) in [6.07, 6.45) is 0.208. The molecule has 0 radical (unpaired) electrons. The molecule has 0 unspecified atom stereocenters. The number of aliphatic carboxylic acids is 1. The average molecular weight is 282 g/mol. The lowest BCUT2D eigenvalue weighted by Crippen LogP contribution is -2.40. The van der Waals surface area contributed by atoms with E-state index in [0.29, 0.717) is 0 Å². The monoisotopic (exact) mass is 282 g/mol. The summed E-state index contributed by atoms with van der Waals surface area (Å²) in [6, 6.07) is 2.62. The summed E-state index contributed by atoms with van der Waals surface area (Å²) in [5.41, 5.74) is -0.360. The predicted octanol–water partition coefficient (Wildman–Crippen LogP) is 1.20. The first kappa shape index (κ1) is 15.4. The number of ether oxygens (including phenoxy) is 1. The Hall–Kier alpha value is -2.64. The number of carbonyl (C=O) groups is 2. The van der Waals surface area contributed by atoms with Crippen LogP contribution in [-0.2, 0) is 4.79 Å². The summed E-state index contributed by atoms with van der Waals surface area (Å²) >= 11 is 0. The molecule has 0 aliphatic rings. The minimum absolute atomic E-state index is 0.00259. The number of nitro groups is 1. The molecule has 8 nitrogen and oxygen atoms in total. The summed E-state index contributed by atoms with van der Waals surface area (Å²) < 4.78 is 4.81. The van der Waals surface area contributed by atoms with Crippen LogP contribution in [0, 0.1) is 10.1 Å². The van der Waals surface area contributed by atoms with Crippen LogP contribution in [0.3, 0.4) is 0 Å². The maximum absolute atomic E-state index is 11.9. The first-order valence-corrected chi connectivity index (χ1v) is 5.76. The second-order valence-electron chi connectivity index (χ2n) is 3.92. The molecule has 0 aliphatic carbocycles. The van der Waals surface area contributed by atoms with Crippen molar-refractivity contribution < 1.29 is 24.4 Å². The third-order valence-corrected chi connectivity index (χ3v) is 2.65. The fourth-order valence-corrected chi connectivity index (χ4v) is 1.55. The molecule has 0 saturated carbocycles. The molecule has 1 rings (SSSR count). The smallest absolute Gasteiger partial charge is 0.326 e. The first-order chi connectivity index (χ1) is 9.40. The van der Waals surface area contributed by atoms with Gasteiger partial charge in [-0.15, -0.1) is 0 Å². The Kier molecular flexibility index (Phi) is 5.01. The van der Waals surface area contributed by atoms with Gasteiger partial charge in [-0.1, -0.05) is 6.92 Å². The fourth-order valence-electron chi connectivity index (χ4n) is 1.55. The molecule has 1 aromatic rings. The second kappa shape index (κ2) is 6.50. The Labute approximate surface area is 114 Å². The van der Waals surface area contributed by atoms with Gasteiger partial charge in [0.2, 0.25) is 0 Å². The number of carboxylic acids is 1. The fraction of sp³-hybridized carbons (Fsp3) is 0.333. The number of benzene rings is 1. The Morgan fingerprint density at radius 2 is 2.15 bits per heavy atom. The van der Waals surface area contributed by atoms with E-state index in [1.165, 1.54) is 19.2 Å². The van der Waals surface area contributed by atoms with Gasteiger partial charge in [0.25, 0.3) is 5.91 Å². The van der Waals surface area contributed by atoms with Crippen LogP contribution in [0.2, 0.25) is 0 Å². The van der Waals surface area contributed by atoms with Crippen molar-refractivity contribution in [3.05, 3.63) is 33.9 Å². The van der Waals surface area contributed by atoms with Crippen LogP contribution in [0.4, 0.5) is 5.69 Å². The van der Waals surface area contributed by atoms with Crippen LogP contribution >= 0.6 is 0 Å². The van der Waals surface area contributed by atoms with Gasteiger partial charge in [0.15, 0.2) is 5.75 Å². The molecule has 8 heteroatoms. The van der Waals surface area contributed by atoms with Gasteiger partial charge >= 0.3 is 11.7 Å². The van der Waals surface area contributed by atoms with Gasteiger partial charge in [0.1, 0.15) is 6.04 Å². The lowest BCUT2D eigenvalue weighted by molar-refractivity contribution is -0.385. The van der Waals surface area contributed by atoms with E-state index in [4.69, 9.17) is 9.84 Å². The number of nitrogens with one attached hydrogen (secondary N) is 1. The number of nitrogens with zero attached hydrogens (tertiary/aromatic N) is 1. The summed E-state index contributed by atoms with van der Waals surface area (Å²) in [5, 5.41) is 22.0. The third kappa shape index (κ3) is 3.44.